The monoisotopic (exact) mass is 335 g/mol. The van der Waals surface area contributed by atoms with E-state index in [0.29, 0.717) is 0 Å². The van der Waals surface area contributed by atoms with Crippen LogP contribution in [0.5, 0.6) is 5.75 Å². The first-order valence-electron chi connectivity index (χ1n) is 7.92. The zero-order chi connectivity index (χ0) is 16.5. The first-order chi connectivity index (χ1) is 11.7. The van der Waals surface area contributed by atoms with Crippen molar-refractivity contribution in [1.29, 1.82) is 0 Å². The van der Waals surface area contributed by atoms with Gasteiger partial charge in [0, 0.05) is 29.3 Å². The van der Waals surface area contributed by atoms with Crippen LogP contribution in [0.1, 0.15) is 12.0 Å². The van der Waals surface area contributed by atoms with Crippen molar-refractivity contribution < 1.29 is 4.74 Å². The van der Waals surface area contributed by atoms with E-state index in [9.17, 15) is 4.79 Å². The fourth-order valence-corrected chi connectivity index (χ4v) is 4.05. The predicted molar refractivity (Wildman–Crippen MR) is 101 cm³/mol. The molecule has 0 radical (unpaired) electrons. The van der Waals surface area contributed by atoms with Gasteiger partial charge >= 0.3 is 0 Å². The van der Waals surface area contributed by atoms with Crippen LogP contribution in [0.4, 0.5) is 5.69 Å². The average Bonchev–Trinajstić information content (AvgIpc) is 2.62. The molecule has 2 heterocycles. The second-order valence-corrected chi connectivity index (χ2v) is 6.87. The number of hydrogen-bond donors (Lipinski definition) is 0. The molecule has 0 spiro atoms. The van der Waals surface area contributed by atoms with Crippen molar-refractivity contribution in [3.05, 3.63) is 76.0 Å². The van der Waals surface area contributed by atoms with Crippen LogP contribution in [-0.2, 0) is 0 Å². The molecule has 1 aliphatic heterocycles. The van der Waals surface area contributed by atoms with Crippen LogP contribution in [0.25, 0.3) is 15.7 Å². The third-order valence-electron chi connectivity index (χ3n) is 4.29. The van der Waals surface area contributed by atoms with Crippen LogP contribution >= 0.6 is 11.3 Å². The van der Waals surface area contributed by atoms with Gasteiger partial charge in [-0.2, -0.15) is 0 Å². The van der Waals surface area contributed by atoms with Crippen molar-refractivity contribution in [1.82, 2.24) is 0 Å². The Morgan fingerprint density at radius 2 is 1.83 bits per heavy atom. The zero-order valence-electron chi connectivity index (χ0n) is 13.4. The summed E-state index contributed by atoms with van der Waals surface area (Å²) in [6.07, 6.45) is 2.54. The molecule has 4 rings (SSSR count). The highest BCUT2D eigenvalue weighted by molar-refractivity contribution is 7.16. The van der Waals surface area contributed by atoms with Crippen molar-refractivity contribution in [2.75, 3.05) is 18.5 Å². The van der Waals surface area contributed by atoms with Gasteiger partial charge in [0.05, 0.1) is 17.5 Å². The third kappa shape index (κ3) is 2.59. The fourth-order valence-electron chi connectivity index (χ4n) is 3.09. The fraction of sp³-hybridized carbons (Fsp3) is 0.150. The van der Waals surface area contributed by atoms with Gasteiger partial charge < -0.3 is 9.64 Å². The number of rotatable bonds is 2. The summed E-state index contributed by atoms with van der Waals surface area (Å²) >= 11 is 1.31. The molecule has 0 bridgehead atoms. The lowest BCUT2D eigenvalue weighted by Gasteiger charge is -2.29. The highest BCUT2D eigenvalue weighted by Gasteiger charge is 2.24. The summed E-state index contributed by atoms with van der Waals surface area (Å²) in [4.78, 5) is 14.9. The maximum Gasteiger partial charge on any atom is 0.242 e. The van der Waals surface area contributed by atoms with E-state index in [1.54, 1.807) is 6.26 Å². The Labute approximate surface area is 144 Å². The van der Waals surface area contributed by atoms with Gasteiger partial charge in [0.1, 0.15) is 5.75 Å². The first-order valence-corrected chi connectivity index (χ1v) is 8.74. The SMILES string of the molecule is CN1CC/C(=C\Oc2ccccc2)c2c1c1ccccc1sc2=O. The minimum Gasteiger partial charge on any atom is -0.465 e. The van der Waals surface area contributed by atoms with Crippen LogP contribution in [0.3, 0.4) is 0 Å². The molecular weight excluding hydrogens is 318 g/mol. The largest absolute Gasteiger partial charge is 0.465 e. The number of anilines is 1. The molecule has 1 aliphatic rings. The molecule has 120 valence electrons. The smallest absolute Gasteiger partial charge is 0.242 e. The minimum absolute atomic E-state index is 0.0955. The van der Waals surface area contributed by atoms with Crippen molar-refractivity contribution in [2.24, 2.45) is 0 Å². The normalized spacial score (nSPS) is 15.5. The summed E-state index contributed by atoms with van der Waals surface area (Å²) < 4.78 is 6.91. The molecule has 0 saturated heterocycles. The standard InChI is InChI=1S/C20H17NO2S/c1-21-12-11-14(13-23-15-7-3-2-4-8-15)18-19(21)16-9-5-6-10-17(16)24-20(18)22/h2-10,13H,11-12H2,1H3/b14-13+. The molecule has 0 saturated carbocycles. The molecule has 0 amide bonds. The van der Waals surface area contributed by atoms with Crippen LogP contribution < -0.4 is 14.4 Å². The van der Waals surface area contributed by atoms with Crippen molar-refractivity contribution in [2.45, 2.75) is 6.42 Å². The van der Waals surface area contributed by atoms with Gasteiger partial charge in [0.15, 0.2) is 0 Å². The van der Waals surface area contributed by atoms with E-state index in [1.165, 1.54) is 11.3 Å². The third-order valence-corrected chi connectivity index (χ3v) is 5.25. The maximum atomic E-state index is 12.7. The maximum absolute atomic E-state index is 12.7. The van der Waals surface area contributed by atoms with E-state index in [4.69, 9.17) is 4.74 Å². The van der Waals surface area contributed by atoms with Gasteiger partial charge in [0.2, 0.25) is 4.74 Å². The quantitative estimate of drug-likeness (QED) is 0.645. The van der Waals surface area contributed by atoms with Gasteiger partial charge in [-0.05, 0) is 24.6 Å². The summed E-state index contributed by atoms with van der Waals surface area (Å²) in [5.41, 5.74) is 2.77. The number of nitrogens with zero attached hydrogens (tertiary/aromatic N) is 1. The Morgan fingerprint density at radius 1 is 1.08 bits per heavy atom. The van der Waals surface area contributed by atoms with Crippen LogP contribution in [0.2, 0.25) is 0 Å². The summed E-state index contributed by atoms with van der Waals surface area (Å²) in [6.45, 7) is 0.870. The van der Waals surface area contributed by atoms with E-state index in [0.717, 1.165) is 45.6 Å². The summed E-state index contributed by atoms with van der Waals surface area (Å²) in [7, 11) is 2.05. The molecule has 24 heavy (non-hydrogen) atoms. The average molecular weight is 335 g/mol. The van der Waals surface area contributed by atoms with E-state index >= 15 is 0 Å². The Morgan fingerprint density at radius 3 is 2.67 bits per heavy atom. The zero-order valence-corrected chi connectivity index (χ0v) is 14.2. The molecule has 3 nitrogen and oxygen atoms in total. The topological polar surface area (TPSA) is 29.5 Å². The summed E-state index contributed by atoms with van der Waals surface area (Å²) in [6, 6.07) is 17.7. The molecule has 3 aromatic rings. The molecular formula is C20H17NO2S. The minimum atomic E-state index is 0.0955. The van der Waals surface area contributed by atoms with Crippen molar-refractivity contribution in [3.8, 4) is 5.75 Å². The van der Waals surface area contributed by atoms with E-state index in [-0.39, 0.29) is 4.74 Å². The van der Waals surface area contributed by atoms with Gasteiger partial charge in [-0.1, -0.05) is 47.7 Å². The number of benzene rings is 2. The number of hydrogen-bond acceptors (Lipinski definition) is 4. The van der Waals surface area contributed by atoms with Crippen LogP contribution in [0.15, 0.2) is 65.7 Å². The lowest BCUT2D eigenvalue weighted by molar-refractivity contribution is 0.481. The molecule has 2 aromatic carbocycles. The second-order valence-electron chi connectivity index (χ2n) is 5.85. The highest BCUT2D eigenvalue weighted by Crippen LogP contribution is 2.38. The molecule has 4 heteroatoms. The summed E-state index contributed by atoms with van der Waals surface area (Å²) in [5.74, 6) is 0.780. The lowest BCUT2D eigenvalue weighted by Crippen LogP contribution is -2.27. The van der Waals surface area contributed by atoms with Crippen molar-refractivity contribution >= 4 is 32.7 Å². The van der Waals surface area contributed by atoms with E-state index in [1.807, 2.05) is 55.6 Å². The second kappa shape index (κ2) is 6.13. The Bertz CT molecular complexity index is 976. The molecule has 1 aromatic heterocycles. The Kier molecular flexibility index (Phi) is 3.82. The Balaban J connectivity index is 1.86. The molecule has 0 unspecified atom stereocenters. The van der Waals surface area contributed by atoms with Gasteiger partial charge in [-0.15, -0.1) is 0 Å². The van der Waals surface area contributed by atoms with Gasteiger partial charge in [0.25, 0.3) is 0 Å². The number of ether oxygens (including phenoxy) is 1. The van der Waals surface area contributed by atoms with Crippen LogP contribution in [0, 0.1) is 0 Å². The van der Waals surface area contributed by atoms with Gasteiger partial charge in [-0.25, -0.2) is 0 Å². The lowest BCUT2D eigenvalue weighted by atomic mass is 9.98. The highest BCUT2D eigenvalue weighted by atomic mass is 32.1. The molecule has 0 atom stereocenters. The Hall–Kier alpha value is -2.59. The number of fused-ring (bicyclic) bond motifs is 3. The van der Waals surface area contributed by atoms with Crippen LogP contribution in [-0.4, -0.2) is 13.6 Å². The predicted octanol–water partition coefficient (Wildman–Crippen LogP) is 4.52. The van der Waals surface area contributed by atoms with Crippen molar-refractivity contribution in [3.63, 3.8) is 0 Å². The van der Waals surface area contributed by atoms with Gasteiger partial charge in [-0.3, -0.25) is 4.79 Å². The molecule has 0 aliphatic carbocycles. The number of para-hydroxylation sites is 1. The first kappa shape index (κ1) is 15.0. The van der Waals surface area contributed by atoms with E-state index in [2.05, 4.69) is 11.0 Å². The molecule has 0 fully saturated rings. The summed E-state index contributed by atoms with van der Waals surface area (Å²) in [5, 5.41) is 1.13. The van der Waals surface area contributed by atoms with E-state index < -0.39 is 0 Å². The molecule has 0 N–H and O–H groups in total.